The van der Waals surface area contributed by atoms with Crippen molar-refractivity contribution in [3.05, 3.63) is 63.6 Å². The van der Waals surface area contributed by atoms with Gasteiger partial charge >= 0.3 is 0 Å². The highest BCUT2D eigenvalue weighted by molar-refractivity contribution is 6.42. The van der Waals surface area contributed by atoms with Crippen molar-refractivity contribution in [3.63, 3.8) is 0 Å². The summed E-state index contributed by atoms with van der Waals surface area (Å²) in [6, 6.07) is 13.3. The maximum atomic E-state index is 6.23. The predicted octanol–water partition coefficient (Wildman–Crippen LogP) is 4.63. The maximum Gasteiger partial charge on any atom is 0.119 e. The van der Waals surface area contributed by atoms with E-state index < -0.39 is 0 Å². The molecule has 0 heterocycles. The van der Waals surface area contributed by atoms with Gasteiger partial charge in [-0.2, -0.15) is 0 Å². The molecule has 4 heteroatoms. The first-order valence-corrected chi connectivity index (χ1v) is 7.28. The molecule has 20 heavy (non-hydrogen) atoms. The highest BCUT2D eigenvalue weighted by atomic mass is 35.5. The average Bonchev–Trinajstić information content (AvgIpc) is 2.45. The molecule has 1 atom stereocenters. The third kappa shape index (κ3) is 3.66. The van der Waals surface area contributed by atoms with E-state index in [0.29, 0.717) is 23.1 Å². The van der Waals surface area contributed by atoms with Crippen LogP contribution < -0.4 is 10.5 Å². The molecule has 0 bridgehead atoms. The first kappa shape index (κ1) is 15.2. The maximum absolute atomic E-state index is 6.23. The Balaban J connectivity index is 2.11. The molecule has 0 aliphatic carbocycles. The minimum Gasteiger partial charge on any atom is -0.494 e. The highest BCUT2D eigenvalue weighted by Gasteiger charge is 2.11. The quantitative estimate of drug-likeness (QED) is 0.873. The molecule has 0 saturated heterocycles. The molecule has 0 aliphatic rings. The van der Waals surface area contributed by atoms with Crippen LogP contribution in [0, 0.1) is 0 Å². The van der Waals surface area contributed by atoms with Crippen LogP contribution in [-0.2, 0) is 6.42 Å². The van der Waals surface area contributed by atoms with Crippen molar-refractivity contribution in [2.75, 3.05) is 6.61 Å². The van der Waals surface area contributed by atoms with Gasteiger partial charge in [-0.1, -0.05) is 47.5 Å². The van der Waals surface area contributed by atoms with Gasteiger partial charge in [0.05, 0.1) is 16.7 Å². The van der Waals surface area contributed by atoms with Crippen molar-refractivity contribution >= 4 is 23.2 Å². The molecule has 2 aromatic carbocycles. The number of ether oxygens (including phenoxy) is 1. The summed E-state index contributed by atoms with van der Waals surface area (Å²) < 4.78 is 5.41. The summed E-state index contributed by atoms with van der Waals surface area (Å²) in [7, 11) is 0. The van der Waals surface area contributed by atoms with Gasteiger partial charge in [-0.05, 0) is 42.7 Å². The van der Waals surface area contributed by atoms with E-state index in [-0.39, 0.29) is 6.04 Å². The third-order valence-corrected chi connectivity index (χ3v) is 3.95. The van der Waals surface area contributed by atoms with Crippen molar-refractivity contribution in [2.24, 2.45) is 5.73 Å². The third-order valence-electron chi connectivity index (χ3n) is 3.09. The zero-order chi connectivity index (χ0) is 14.5. The van der Waals surface area contributed by atoms with E-state index in [1.165, 1.54) is 0 Å². The fraction of sp³-hybridized carbons (Fsp3) is 0.250. The minimum atomic E-state index is -0.123. The lowest BCUT2D eigenvalue weighted by Gasteiger charge is -2.14. The van der Waals surface area contributed by atoms with Gasteiger partial charge < -0.3 is 10.5 Å². The van der Waals surface area contributed by atoms with E-state index in [0.717, 1.165) is 16.9 Å². The zero-order valence-corrected chi connectivity index (χ0v) is 12.8. The van der Waals surface area contributed by atoms with E-state index in [4.69, 9.17) is 33.7 Å². The van der Waals surface area contributed by atoms with Crippen molar-refractivity contribution < 1.29 is 4.74 Å². The summed E-state index contributed by atoms with van der Waals surface area (Å²) in [5.41, 5.74) is 8.23. The van der Waals surface area contributed by atoms with Crippen LogP contribution in [0.3, 0.4) is 0 Å². The molecule has 0 saturated carbocycles. The van der Waals surface area contributed by atoms with Crippen molar-refractivity contribution in [2.45, 2.75) is 19.4 Å². The van der Waals surface area contributed by atoms with Crippen LogP contribution in [0.4, 0.5) is 0 Å². The van der Waals surface area contributed by atoms with E-state index in [9.17, 15) is 0 Å². The summed E-state index contributed by atoms with van der Waals surface area (Å²) in [5, 5.41) is 1.14. The van der Waals surface area contributed by atoms with Gasteiger partial charge in [0.1, 0.15) is 5.75 Å². The molecule has 0 spiro atoms. The second kappa shape index (κ2) is 6.98. The predicted molar refractivity (Wildman–Crippen MR) is 84.7 cm³/mol. The van der Waals surface area contributed by atoms with Crippen LogP contribution in [-0.4, -0.2) is 6.61 Å². The topological polar surface area (TPSA) is 35.2 Å². The van der Waals surface area contributed by atoms with Crippen LogP contribution in [0.15, 0.2) is 42.5 Å². The molecule has 2 nitrogen and oxygen atoms in total. The largest absolute Gasteiger partial charge is 0.494 e. The van der Waals surface area contributed by atoms with Crippen molar-refractivity contribution in [1.29, 1.82) is 0 Å². The van der Waals surface area contributed by atoms with Crippen LogP contribution in [0.1, 0.15) is 24.1 Å². The number of rotatable bonds is 5. The molecule has 2 N–H and O–H groups in total. The van der Waals surface area contributed by atoms with E-state index in [1.54, 1.807) is 6.07 Å². The summed E-state index contributed by atoms with van der Waals surface area (Å²) in [6.45, 7) is 2.62. The number of halogens is 2. The second-order valence-electron chi connectivity index (χ2n) is 4.53. The fourth-order valence-corrected chi connectivity index (χ4v) is 2.44. The molecule has 0 radical (unpaired) electrons. The Morgan fingerprint density at radius 3 is 2.45 bits per heavy atom. The summed E-state index contributed by atoms with van der Waals surface area (Å²) in [5.74, 6) is 0.851. The first-order valence-electron chi connectivity index (χ1n) is 6.53. The molecular formula is C16H17Cl2NO. The molecule has 2 rings (SSSR count). The van der Waals surface area contributed by atoms with Gasteiger partial charge in [-0.3, -0.25) is 0 Å². The molecule has 106 valence electrons. The lowest BCUT2D eigenvalue weighted by atomic mass is 9.99. The van der Waals surface area contributed by atoms with Crippen LogP contribution in [0.25, 0.3) is 0 Å². The molecule has 0 aliphatic heterocycles. The van der Waals surface area contributed by atoms with Gasteiger partial charge in [0.2, 0.25) is 0 Å². The molecule has 0 amide bonds. The van der Waals surface area contributed by atoms with Crippen LogP contribution in [0.5, 0.6) is 5.75 Å². The summed E-state index contributed by atoms with van der Waals surface area (Å²) in [6.07, 6.45) is 0.646. The molecule has 2 aromatic rings. The standard InChI is InChI=1S/C16H17Cl2NO/c1-2-20-13-8-6-11(7-9-13)15(19)10-12-4-3-5-14(17)16(12)18/h3-9,15H,2,10,19H2,1H3. The van der Waals surface area contributed by atoms with E-state index >= 15 is 0 Å². The van der Waals surface area contributed by atoms with Crippen LogP contribution in [0.2, 0.25) is 10.0 Å². The molecular weight excluding hydrogens is 293 g/mol. The Morgan fingerprint density at radius 1 is 1.10 bits per heavy atom. The Morgan fingerprint density at radius 2 is 1.80 bits per heavy atom. The summed E-state index contributed by atoms with van der Waals surface area (Å²) in [4.78, 5) is 0. The van der Waals surface area contributed by atoms with Gasteiger partial charge in [0.25, 0.3) is 0 Å². The van der Waals surface area contributed by atoms with Crippen LogP contribution >= 0.6 is 23.2 Å². The van der Waals surface area contributed by atoms with Gasteiger partial charge in [-0.25, -0.2) is 0 Å². The molecule has 0 aromatic heterocycles. The number of hydrogen-bond donors (Lipinski definition) is 1. The minimum absolute atomic E-state index is 0.123. The van der Waals surface area contributed by atoms with E-state index in [1.807, 2.05) is 43.3 Å². The smallest absolute Gasteiger partial charge is 0.119 e. The summed E-state index contributed by atoms with van der Waals surface area (Å²) >= 11 is 12.2. The zero-order valence-electron chi connectivity index (χ0n) is 11.3. The second-order valence-corrected chi connectivity index (χ2v) is 5.31. The van der Waals surface area contributed by atoms with Gasteiger partial charge in [-0.15, -0.1) is 0 Å². The van der Waals surface area contributed by atoms with E-state index in [2.05, 4.69) is 0 Å². The van der Waals surface area contributed by atoms with Gasteiger partial charge in [0.15, 0.2) is 0 Å². The SMILES string of the molecule is CCOc1ccc(C(N)Cc2cccc(Cl)c2Cl)cc1. The van der Waals surface area contributed by atoms with Crippen molar-refractivity contribution in [3.8, 4) is 5.75 Å². The Bertz CT molecular complexity index is 569. The number of nitrogens with two attached hydrogens (primary N) is 1. The van der Waals surface area contributed by atoms with Crippen molar-refractivity contribution in [1.82, 2.24) is 0 Å². The monoisotopic (exact) mass is 309 g/mol. The lowest BCUT2D eigenvalue weighted by Crippen LogP contribution is -2.13. The van der Waals surface area contributed by atoms with Gasteiger partial charge in [0, 0.05) is 6.04 Å². The number of benzene rings is 2. The fourth-order valence-electron chi connectivity index (χ4n) is 2.04. The lowest BCUT2D eigenvalue weighted by molar-refractivity contribution is 0.340. The first-order chi connectivity index (χ1) is 9.61. The Labute approximate surface area is 129 Å². The Kier molecular flexibility index (Phi) is 5.30. The molecule has 1 unspecified atom stereocenters. The normalized spacial score (nSPS) is 12.2. The average molecular weight is 310 g/mol. The highest BCUT2D eigenvalue weighted by Crippen LogP contribution is 2.28. The molecule has 0 fully saturated rings. The Hall–Kier alpha value is -1.22. The number of hydrogen-bond acceptors (Lipinski definition) is 2.